The van der Waals surface area contributed by atoms with Gasteiger partial charge in [-0.15, -0.1) is 0 Å². The third-order valence-corrected chi connectivity index (χ3v) is 3.76. The number of fused-ring (bicyclic) bond motifs is 1. The van der Waals surface area contributed by atoms with Crippen molar-refractivity contribution in [3.8, 4) is 5.75 Å². The summed E-state index contributed by atoms with van der Waals surface area (Å²) in [7, 11) is 0. The number of nitrogens with zero attached hydrogens (tertiary/aromatic N) is 1. The fourth-order valence-corrected chi connectivity index (χ4v) is 2.79. The lowest BCUT2D eigenvalue weighted by molar-refractivity contribution is -0.127. The SMILES string of the molecule is C[C@H]1CN(C(=O)[C@@H]2CCCO2)c2cccc(Cl)c2O1. The van der Waals surface area contributed by atoms with Crippen LogP contribution in [0.2, 0.25) is 5.02 Å². The Hall–Kier alpha value is -1.26. The average molecular weight is 282 g/mol. The van der Waals surface area contributed by atoms with Crippen LogP contribution in [0.25, 0.3) is 0 Å². The van der Waals surface area contributed by atoms with Crippen LogP contribution in [0.15, 0.2) is 18.2 Å². The van der Waals surface area contributed by atoms with Crippen molar-refractivity contribution < 1.29 is 14.3 Å². The summed E-state index contributed by atoms with van der Waals surface area (Å²) >= 11 is 6.14. The molecule has 0 radical (unpaired) electrons. The fourth-order valence-electron chi connectivity index (χ4n) is 2.58. The van der Waals surface area contributed by atoms with E-state index in [2.05, 4.69) is 0 Å². The third kappa shape index (κ3) is 2.30. The van der Waals surface area contributed by atoms with Crippen LogP contribution < -0.4 is 9.64 Å². The van der Waals surface area contributed by atoms with Gasteiger partial charge in [-0.2, -0.15) is 0 Å². The first-order chi connectivity index (χ1) is 9.16. The molecule has 2 aliphatic rings. The number of halogens is 1. The summed E-state index contributed by atoms with van der Waals surface area (Å²) in [6.45, 7) is 3.13. The van der Waals surface area contributed by atoms with Crippen molar-refractivity contribution in [3.05, 3.63) is 23.2 Å². The van der Waals surface area contributed by atoms with Crippen molar-refractivity contribution in [2.24, 2.45) is 0 Å². The highest BCUT2D eigenvalue weighted by molar-refractivity contribution is 6.32. The Bertz CT molecular complexity index is 499. The molecule has 1 fully saturated rings. The lowest BCUT2D eigenvalue weighted by atomic mass is 10.1. The van der Waals surface area contributed by atoms with Gasteiger partial charge in [-0.1, -0.05) is 17.7 Å². The van der Waals surface area contributed by atoms with Crippen LogP contribution in [0, 0.1) is 0 Å². The van der Waals surface area contributed by atoms with Gasteiger partial charge in [0.05, 0.1) is 17.3 Å². The standard InChI is InChI=1S/C14H16ClNO3/c1-9-8-16(14(17)12-6-3-7-18-12)11-5-2-4-10(15)13(11)19-9/h2,4-5,9,12H,3,6-8H2,1H3/t9-,12-/m0/s1. The van der Waals surface area contributed by atoms with Crippen LogP contribution in [0.3, 0.4) is 0 Å². The minimum absolute atomic E-state index is 0.0103. The molecule has 5 heteroatoms. The van der Waals surface area contributed by atoms with E-state index in [0.29, 0.717) is 23.9 Å². The summed E-state index contributed by atoms with van der Waals surface area (Å²) in [6, 6.07) is 5.46. The van der Waals surface area contributed by atoms with Crippen molar-refractivity contribution in [3.63, 3.8) is 0 Å². The summed E-state index contributed by atoms with van der Waals surface area (Å²) in [6.07, 6.45) is 1.34. The second-order valence-corrected chi connectivity index (χ2v) is 5.37. The van der Waals surface area contributed by atoms with Gasteiger partial charge < -0.3 is 14.4 Å². The fraction of sp³-hybridized carbons (Fsp3) is 0.500. The topological polar surface area (TPSA) is 38.8 Å². The Balaban J connectivity index is 1.94. The number of anilines is 1. The summed E-state index contributed by atoms with van der Waals surface area (Å²) in [5.41, 5.74) is 0.742. The zero-order valence-electron chi connectivity index (χ0n) is 10.8. The number of benzene rings is 1. The van der Waals surface area contributed by atoms with E-state index in [1.54, 1.807) is 11.0 Å². The molecule has 0 bridgehead atoms. The second-order valence-electron chi connectivity index (χ2n) is 4.97. The molecule has 2 atom stereocenters. The molecule has 0 saturated carbocycles. The molecular weight excluding hydrogens is 266 g/mol. The van der Waals surface area contributed by atoms with Crippen LogP contribution in [0.1, 0.15) is 19.8 Å². The van der Waals surface area contributed by atoms with E-state index in [0.717, 1.165) is 18.5 Å². The Morgan fingerprint density at radius 1 is 1.47 bits per heavy atom. The molecule has 1 aromatic rings. The third-order valence-electron chi connectivity index (χ3n) is 3.47. The monoisotopic (exact) mass is 281 g/mol. The maximum atomic E-state index is 12.5. The number of hydrogen-bond donors (Lipinski definition) is 0. The van der Waals surface area contributed by atoms with Crippen LogP contribution in [-0.4, -0.2) is 31.3 Å². The Kier molecular flexibility index (Phi) is 3.37. The van der Waals surface area contributed by atoms with E-state index < -0.39 is 0 Å². The number of amides is 1. The van der Waals surface area contributed by atoms with E-state index >= 15 is 0 Å². The second kappa shape index (κ2) is 5.02. The van der Waals surface area contributed by atoms with E-state index in [-0.39, 0.29) is 18.1 Å². The van der Waals surface area contributed by atoms with Crippen LogP contribution >= 0.6 is 11.6 Å². The van der Waals surface area contributed by atoms with Gasteiger partial charge in [0.2, 0.25) is 0 Å². The molecule has 102 valence electrons. The first kappa shape index (κ1) is 12.8. The molecule has 3 rings (SSSR count). The van der Waals surface area contributed by atoms with E-state index in [1.165, 1.54) is 0 Å². The maximum absolute atomic E-state index is 12.5. The normalized spacial score (nSPS) is 25.9. The van der Waals surface area contributed by atoms with Gasteiger partial charge in [0.1, 0.15) is 12.2 Å². The Morgan fingerprint density at radius 3 is 3.05 bits per heavy atom. The lowest BCUT2D eigenvalue weighted by Crippen LogP contribution is -2.46. The average Bonchev–Trinajstić information content (AvgIpc) is 2.92. The molecule has 0 N–H and O–H groups in total. The number of para-hydroxylation sites is 1. The molecule has 1 saturated heterocycles. The van der Waals surface area contributed by atoms with Gasteiger partial charge in [-0.3, -0.25) is 4.79 Å². The minimum atomic E-state index is -0.322. The highest BCUT2D eigenvalue weighted by atomic mass is 35.5. The molecule has 1 amide bonds. The van der Waals surface area contributed by atoms with Gasteiger partial charge in [-0.05, 0) is 31.9 Å². The van der Waals surface area contributed by atoms with E-state index in [9.17, 15) is 4.79 Å². The largest absolute Gasteiger partial charge is 0.485 e. The number of hydrogen-bond acceptors (Lipinski definition) is 3. The van der Waals surface area contributed by atoms with Crippen molar-refractivity contribution in [1.29, 1.82) is 0 Å². The predicted octanol–water partition coefficient (Wildman–Crippen LogP) is 2.63. The van der Waals surface area contributed by atoms with E-state index in [4.69, 9.17) is 21.1 Å². The van der Waals surface area contributed by atoms with Crippen molar-refractivity contribution >= 4 is 23.2 Å². The quantitative estimate of drug-likeness (QED) is 0.794. The zero-order chi connectivity index (χ0) is 13.4. The molecule has 0 unspecified atom stereocenters. The number of carbonyl (C=O) groups is 1. The highest BCUT2D eigenvalue weighted by Crippen LogP contribution is 2.39. The maximum Gasteiger partial charge on any atom is 0.256 e. The highest BCUT2D eigenvalue weighted by Gasteiger charge is 2.34. The van der Waals surface area contributed by atoms with Gasteiger partial charge in [0.25, 0.3) is 5.91 Å². The Morgan fingerprint density at radius 2 is 2.32 bits per heavy atom. The molecule has 2 heterocycles. The zero-order valence-corrected chi connectivity index (χ0v) is 11.5. The van der Waals surface area contributed by atoms with Crippen molar-refractivity contribution in [1.82, 2.24) is 0 Å². The first-order valence-corrected chi connectivity index (χ1v) is 6.93. The van der Waals surface area contributed by atoms with Gasteiger partial charge in [0, 0.05) is 6.61 Å². The molecule has 0 aliphatic carbocycles. The summed E-state index contributed by atoms with van der Waals surface area (Å²) in [5, 5.41) is 0.536. The molecule has 19 heavy (non-hydrogen) atoms. The minimum Gasteiger partial charge on any atom is -0.485 e. The summed E-state index contributed by atoms with van der Waals surface area (Å²) < 4.78 is 11.2. The molecule has 0 spiro atoms. The van der Waals surface area contributed by atoms with E-state index in [1.807, 2.05) is 19.1 Å². The van der Waals surface area contributed by atoms with Crippen LogP contribution in [0.5, 0.6) is 5.75 Å². The number of rotatable bonds is 1. The smallest absolute Gasteiger partial charge is 0.256 e. The van der Waals surface area contributed by atoms with Gasteiger partial charge in [-0.25, -0.2) is 0 Å². The van der Waals surface area contributed by atoms with Crippen LogP contribution in [0.4, 0.5) is 5.69 Å². The first-order valence-electron chi connectivity index (χ1n) is 6.55. The molecule has 0 aromatic heterocycles. The van der Waals surface area contributed by atoms with Crippen molar-refractivity contribution in [2.45, 2.75) is 32.0 Å². The number of carbonyl (C=O) groups excluding carboxylic acids is 1. The van der Waals surface area contributed by atoms with Gasteiger partial charge >= 0.3 is 0 Å². The van der Waals surface area contributed by atoms with Gasteiger partial charge in [0.15, 0.2) is 5.75 Å². The molecule has 1 aromatic carbocycles. The van der Waals surface area contributed by atoms with Crippen molar-refractivity contribution in [2.75, 3.05) is 18.1 Å². The predicted molar refractivity (Wildman–Crippen MR) is 72.9 cm³/mol. The summed E-state index contributed by atoms with van der Waals surface area (Å²) in [4.78, 5) is 14.3. The molecular formula is C14H16ClNO3. The molecule has 2 aliphatic heterocycles. The van der Waals surface area contributed by atoms with Crippen LogP contribution in [-0.2, 0) is 9.53 Å². The summed E-state index contributed by atoms with van der Waals surface area (Å²) in [5.74, 6) is 0.602. The molecule has 4 nitrogen and oxygen atoms in total. The number of ether oxygens (including phenoxy) is 2. The lowest BCUT2D eigenvalue weighted by Gasteiger charge is -2.35. The Labute approximate surface area is 117 Å².